The lowest BCUT2D eigenvalue weighted by atomic mass is 10.0. The first-order chi connectivity index (χ1) is 8.21. The normalized spacial score (nSPS) is 25.0. The van der Waals surface area contributed by atoms with Gasteiger partial charge in [-0.3, -0.25) is 9.59 Å². The van der Waals surface area contributed by atoms with Crippen LogP contribution in [-0.2, 0) is 24.3 Å². The number of carbonyl (C=O) groups excluding carboxylic acids is 1. The topological polar surface area (TPSA) is 127 Å². The maximum atomic E-state index is 11.8. The van der Waals surface area contributed by atoms with E-state index in [4.69, 9.17) is 10.8 Å². The largest absolute Gasteiger partial charge is 0.480 e. The Labute approximate surface area is 105 Å². The Balaban J connectivity index is 2.66. The van der Waals surface area contributed by atoms with Crippen molar-refractivity contribution in [2.45, 2.75) is 18.4 Å². The lowest BCUT2D eigenvalue weighted by Crippen LogP contribution is -2.50. The van der Waals surface area contributed by atoms with Crippen molar-refractivity contribution in [3.8, 4) is 0 Å². The Hall–Kier alpha value is -1.19. The zero-order valence-electron chi connectivity index (χ0n) is 9.96. The molecule has 3 N–H and O–H groups in total. The number of hydrogen-bond donors (Lipinski definition) is 2. The van der Waals surface area contributed by atoms with E-state index >= 15 is 0 Å². The highest BCUT2D eigenvalue weighted by atomic mass is 32.2. The first-order valence-corrected chi connectivity index (χ1v) is 6.89. The van der Waals surface area contributed by atoms with Gasteiger partial charge in [0.2, 0.25) is 10.0 Å². The SMILES string of the molecule is COC(=O)CCS(=O)(=O)N1CCC(N)(C(=O)O)C1. The highest BCUT2D eigenvalue weighted by Crippen LogP contribution is 2.22. The summed E-state index contributed by atoms with van der Waals surface area (Å²) in [5.41, 5.74) is 4.03. The van der Waals surface area contributed by atoms with Crippen LogP contribution in [0, 0.1) is 0 Å². The van der Waals surface area contributed by atoms with Gasteiger partial charge in [0, 0.05) is 13.1 Å². The van der Waals surface area contributed by atoms with E-state index in [0.717, 1.165) is 4.31 Å². The molecule has 1 aliphatic rings. The summed E-state index contributed by atoms with van der Waals surface area (Å²) in [7, 11) is -2.51. The molecule has 0 amide bonds. The number of esters is 1. The summed E-state index contributed by atoms with van der Waals surface area (Å²) < 4.78 is 29.0. The first-order valence-electron chi connectivity index (χ1n) is 5.28. The summed E-state index contributed by atoms with van der Waals surface area (Å²) in [5, 5.41) is 8.89. The van der Waals surface area contributed by atoms with Crippen molar-refractivity contribution in [3.63, 3.8) is 0 Å². The molecule has 0 aromatic carbocycles. The lowest BCUT2D eigenvalue weighted by Gasteiger charge is -2.19. The summed E-state index contributed by atoms with van der Waals surface area (Å²) >= 11 is 0. The van der Waals surface area contributed by atoms with E-state index in [0.29, 0.717) is 0 Å². The average Bonchev–Trinajstić information content (AvgIpc) is 2.71. The van der Waals surface area contributed by atoms with Crippen molar-refractivity contribution in [1.82, 2.24) is 4.31 Å². The third kappa shape index (κ3) is 3.18. The van der Waals surface area contributed by atoms with E-state index < -0.39 is 33.3 Å². The minimum atomic E-state index is -3.68. The second-order valence-electron chi connectivity index (χ2n) is 4.19. The van der Waals surface area contributed by atoms with Gasteiger partial charge in [-0.1, -0.05) is 0 Å². The van der Waals surface area contributed by atoms with Crippen molar-refractivity contribution in [2.24, 2.45) is 5.73 Å². The van der Waals surface area contributed by atoms with Gasteiger partial charge in [-0.15, -0.1) is 0 Å². The lowest BCUT2D eigenvalue weighted by molar-refractivity contribution is -0.143. The van der Waals surface area contributed by atoms with E-state index in [1.165, 1.54) is 7.11 Å². The molecular weight excluding hydrogens is 264 g/mol. The first kappa shape index (κ1) is 14.9. The maximum absolute atomic E-state index is 11.8. The fourth-order valence-corrected chi connectivity index (χ4v) is 3.13. The Kier molecular flexibility index (Phi) is 4.30. The van der Waals surface area contributed by atoms with Crippen molar-refractivity contribution in [2.75, 3.05) is 26.0 Å². The van der Waals surface area contributed by atoms with Crippen LogP contribution in [0.15, 0.2) is 0 Å². The van der Waals surface area contributed by atoms with Gasteiger partial charge < -0.3 is 15.6 Å². The Bertz CT molecular complexity index is 448. The van der Waals surface area contributed by atoms with Crippen LogP contribution < -0.4 is 5.73 Å². The second kappa shape index (κ2) is 5.21. The van der Waals surface area contributed by atoms with Crippen LogP contribution in [0.5, 0.6) is 0 Å². The average molecular weight is 280 g/mol. The molecule has 18 heavy (non-hydrogen) atoms. The smallest absolute Gasteiger partial charge is 0.325 e. The number of nitrogens with zero attached hydrogens (tertiary/aromatic N) is 1. The number of nitrogens with two attached hydrogens (primary N) is 1. The molecule has 1 unspecified atom stereocenters. The summed E-state index contributed by atoms with van der Waals surface area (Å²) in [6, 6.07) is 0. The van der Waals surface area contributed by atoms with Gasteiger partial charge in [0.05, 0.1) is 19.3 Å². The number of sulfonamides is 1. The Morgan fingerprint density at radius 3 is 2.56 bits per heavy atom. The molecule has 0 aliphatic carbocycles. The molecule has 0 bridgehead atoms. The highest BCUT2D eigenvalue weighted by molar-refractivity contribution is 7.89. The maximum Gasteiger partial charge on any atom is 0.325 e. The molecule has 104 valence electrons. The predicted molar refractivity (Wildman–Crippen MR) is 61.2 cm³/mol. The van der Waals surface area contributed by atoms with Crippen molar-refractivity contribution >= 4 is 22.0 Å². The minimum Gasteiger partial charge on any atom is -0.480 e. The monoisotopic (exact) mass is 280 g/mol. The zero-order valence-corrected chi connectivity index (χ0v) is 10.8. The van der Waals surface area contributed by atoms with Crippen LogP contribution in [-0.4, -0.2) is 61.3 Å². The molecule has 1 atom stereocenters. The third-order valence-electron chi connectivity index (χ3n) is 2.88. The summed E-state index contributed by atoms with van der Waals surface area (Å²) in [6.07, 6.45) is -0.209. The van der Waals surface area contributed by atoms with Crippen LogP contribution in [0.2, 0.25) is 0 Å². The van der Waals surface area contributed by atoms with E-state index in [-0.39, 0.29) is 25.9 Å². The summed E-state index contributed by atoms with van der Waals surface area (Å²) in [6.45, 7) is -0.224. The molecule has 0 spiro atoms. The number of ether oxygens (including phenoxy) is 1. The molecule has 1 rings (SSSR count). The molecule has 0 saturated carbocycles. The van der Waals surface area contributed by atoms with Gasteiger partial charge in [-0.2, -0.15) is 4.31 Å². The molecule has 1 saturated heterocycles. The van der Waals surface area contributed by atoms with Crippen LogP contribution in [0.3, 0.4) is 0 Å². The van der Waals surface area contributed by atoms with Gasteiger partial charge in [0.25, 0.3) is 0 Å². The summed E-state index contributed by atoms with van der Waals surface area (Å²) in [4.78, 5) is 21.8. The number of methoxy groups -OCH3 is 1. The van der Waals surface area contributed by atoms with Crippen LogP contribution in [0.25, 0.3) is 0 Å². The number of rotatable bonds is 5. The molecule has 1 heterocycles. The number of aliphatic carboxylic acids is 1. The molecule has 8 nitrogen and oxygen atoms in total. The van der Waals surface area contributed by atoms with E-state index in [2.05, 4.69) is 4.74 Å². The molecule has 0 aromatic heterocycles. The molecule has 1 aliphatic heterocycles. The highest BCUT2D eigenvalue weighted by Gasteiger charge is 2.45. The van der Waals surface area contributed by atoms with Crippen molar-refractivity contribution in [3.05, 3.63) is 0 Å². The molecule has 0 aromatic rings. The van der Waals surface area contributed by atoms with Crippen molar-refractivity contribution in [1.29, 1.82) is 0 Å². The van der Waals surface area contributed by atoms with Gasteiger partial charge >= 0.3 is 11.9 Å². The number of hydrogen-bond acceptors (Lipinski definition) is 6. The summed E-state index contributed by atoms with van der Waals surface area (Å²) in [5.74, 6) is -2.27. The van der Waals surface area contributed by atoms with E-state index in [1.54, 1.807) is 0 Å². The zero-order chi connectivity index (χ0) is 14.0. The van der Waals surface area contributed by atoms with Crippen LogP contribution in [0.1, 0.15) is 12.8 Å². The third-order valence-corrected chi connectivity index (χ3v) is 4.70. The van der Waals surface area contributed by atoms with Gasteiger partial charge in [-0.25, -0.2) is 8.42 Å². The van der Waals surface area contributed by atoms with Crippen LogP contribution >= 0.6 is 0 Å². The molecule has 9 heteroatoms. The van der Waals surface area contributed by atoms with Crippen LogP contribution in [0.4, 0.5) is 0 Å². The van der Waals surface area contributed by atoms with Gasteiger partial charge in [-0.05, 0) is 6.42 Å². The predicted octanol–water partition coefficient (Wildman–Crippen LogP) is -1.63. The minimum absolute atomic E-state index is 0.0479. The number of carbonyl (C=O) groups is 2. The Morgan fingerprint density at radius 1 is 1.50 bits per heavy atom. The number of carboxylic acid groups (broad SMARTS) is 1. The Morgan fingerprint density at radius 2 is 2.11 bits per heavy atom. The second-order valence-corrected chi connectivity index (χ2v) is 6.28. The quantitative estimate of drug-likeness (QED) is 0.578. The number of carboxylic acids is 1. The fourth-order valence-electron chi connectivity index (χ4n) is 1.65. The molecular formula is C9H16N2O6S. The van der Waals surface area contributed by atoms with E-state index in [9.17, 15) is 18.0 Å². The molecule has 1 fully saturated rings. The molecule has 0 radical (unpaired) electrons. The standard InChI is InChI=1S/C9H16N2O6S/c1-17-7(12)2-5-18(15,16)11-4-3-9(10,6-11)8(13)14/h2-6,10H2,1H3,(H,13,14). The van der Waals surface area contributed by atoms with Gasteiger partial charge in [0.15, 0.2) is 0 Å². The van der Waals surface area contributed by atoms with Crippen molar-refractivity contribution < 1.29 is 27.9 Å². The van der Waals surface area contributed by atoms with Gasteiger partial charge in [0.1, 0.15) is 5.54 Å². The van der Waals surface area contributed by atoms with E-state index in [1.807, 2.05) is 0 Å². The fraction of sp³-hybridized carbons (Fsp3) is 0.778.